The molecule has 0 spiro atoms. The lowest BCUT2D eigenvalue weighted by Gasteiger charge is -2.49. The second kappa shape index (κ2) is 5.97. The molecule has 0 fully saturated rings. The zero-order valence-electron chi connectivity index (χ0n) is 13.6. The van der Waals surface area contributed by atoms with E-state index in [4.69, 9.17) is 0 Å². The molecule has 0 N–H and O–H groups in total. The first-order chi connectivity index (χ1) is 9.44. The summed E-state index contributed by atoms with van der Waals surface area (Å²) >= 11 is 2.16. The highest BCUT2D eigenvalue weighted by Crippen LogP contribution is 2.56. The van der Waals surface area contributed by atoms with Gasteiger partial charge < -0.3 is 0 Å². The number of thioether (sulfide) groups is 1. The molecular formula is C19H28S. The van der Waals surface area contributed by atoms with Crippen LogP contribution in [-0.4, -0.2) is 10.5 Å². The first-order valence-corrected chi connectivity index (χ1v) is 8.79. The standard InChI is InChI=1S/C19H28S/c1-6-13-20-19(12-11-15(2)14-16(19)3)18(4,5)17-9-7-8-10-17/h7,9-11,14H,6,8,12-13H2,1-5H3. The molecule has 1 heteroatoms. The molecule has 0 aromatic rings. The van der Waals surface area contributed by atoms with Crippen LogP contribution in [0.15, 0.2) is 47.1 Å². The summed E-state index contributed by atoms with van der Waals surface area (Å²) in [5.41, 5.74) is 4.66. The van der Waals surface area contributed by atoms with E-state index in [0.717, 1.165) is 12.8 Å². The molecule has 0 amide bonds. The van der Waals surface area contributed by atoms with Crippen LogP contribution in [0.1, 0.15) is 53.9 Å². The van der Waals surface area contributed by atoms with Gasteiger partial charge >= 0.3 is 0 Å². The first kappa shape index (κ1) is 15.7. The van der Waals surface area contributed by atoms with E-state index in [1.54, 1.807) is 5.57 Å². The van der Waals surface area contributed by atoms with Gasteiger partial charge in [0.05, 0.1) is 0 Å². The van der Waals surface area contributed by atoms with Gasteiger partial charge in [-0.3, -0.25) is 0 Å². The average molecular weight is 288 g/mol. The van der Waals surface area contributed by atoms with Crippen molar-refractivity contribution in [1.82, 2.24) is 0 Å². The van der Waals surface area contributed by atoms with Gasteiger partial charge in [0.1, 0.15) is 0 Å². The van der Waals surface area contributed by atoms with Crippen LogP contribution in [0.25, 0.3) is 0 Å². The predicted molar refractivity (Wildman–Crippen MR) is 93.2 cm³/mol. The highest BCUT2D eigenvalue weighted by Gasteiger charge is 2.48. The minimum atomic E-state index is 0.178. The van der Waals surface area contributed by atoms with E-state index >= 15 is 0 Å². The van der Waals surface area contributed by atoms with E-state index < -0.39 is 0 Å². The summed E-state index contributed by atoms with van der Waals surface area (Å²) in [4.78, 5) is 0. The quantitative estimate of drug-likeness (QED) is 0.591. The van der Waals surface area contributed by atoms with Crippen LogP contribution >= 0.6 is 11.8 Å². The van der Waals surface area contributed by atoms with E-state index in [9.17, 15) is 0 Å². The second-order valence-electron chi connectivity index (χ2n) is 6.58. The summed E-state index contributed by atoms with van der Waals surface area (Å²) in [6.45, 7) is 11.7. The van der Waals surface area contributed by atoms with Crippen LogP contribution in [0.5, 0.6) is 0 Å². The largest absolute Gasteiger partial charge is 0.149 e. The summed E-state index contributed by atoms with van der Waals surface area (Å²) < 4.78 is 0.211. The zero-order valence-corrected chi connectivity index (χ0v) is 14.4. The van der Waals surface area contributed by atoms with Crippen LogP contribution in [0.4, 0.5) is 0 Å². The van der Waals surface area contributed by atoms with E-state index in [2.05, 4.69) is 76.8 Å². The molecule has 1 unspecified atom stereocenters. The Morgan fingerprint density at radius 3 is 2.55 bits per heavy atom. The third-order valence-electron chi connectivity index (χ3n) is 4.85. The predicted octanol–water partition coefficient (Wildman–Crippen LogP) is 6.08. The van der Waals surface area contributed by atoms with Gasteiger partial charge in [0.25, 0.3) is 0 Å². The van der Waals surface area contributed by atoms with Gasteiger partial charge in [-0.05, 0) is 44.4 Å². The maximum Gasteiger partial charge on any atom is 0.0494 e. The molecule has 0 heterocycles. The third kappa shape index (κ3) is 2.57. The summed E-state index contributed by atoms with van der Waals surface area (Å²) in [5.74, 6) is 1.23. The first-order valence-electron chi connectivity index (χ1n) is 7.80. The van der Waals surface area contributed by atoms with Gasteiger partial charge in [0, 0.05) is 10.2 Å². The van der Waals surface area contributed by atoms with E-state index in [1.807, 2.05) is 0 Å². The van der Waals surface area contributed by atoms with Crippen molar-refractivity contribution in [2.75, 3.05) is 5.75 Å². The molecule has 0 nitrogen and oxygen atoms in total. The van der Waals surface area contributed by atoms with Crippen molar-refractivity contribution in [3.63, 3.8) is 0 Å². The van der Waals surface area contributed by atoms with Crippen molar-refractivity contribution < 1.29 is 0 Å². The molecule has 20 heavy (non-hydrogen) atoms. The highest BCUT2D eigenvalue weighted by molar-refractivity contribution is 8.00. The van der Waals surface area contributed by atoms with Crippen molar-refractivity contribution >= 4 is 11.8 Å². The molecule has 0 saturated heterocycles. The number of allylic oxidation sites excluding steroid dienone is 7. The van der Waals surface area contributed by atoms with Gasteiger partial charge in [0.2, 0.25) is 0 Å². The van der Waals surface area contributed by atoms with Gasteiger partial charge in [-0.15, -0.1) is 11.8 Å². The molecule has 2 aliphatic carbocycles. The summed E-state index contributed by atoms with van der Waals surface area (Å²) in [6.07, 6.45) is 15.4. The number of hydrogen-bond acceptors (Lipinski definition) is 1. The van der Waals surface area contributed by atoms with Crippen molar-refractivity contribution in [1.29, 1.82) is 0 Å². The van der Waals surface area contributed by atoms with E-state index in [0.29, 0.717) is 0 Å². The van der Waals surface area contributed by atoms with E-state index in [-0.39, 0.29) is 10.2 Å². The Kier molecular flexibility index (Phi) is 4.69. The molecule has 1 atom stereocenters. The Hall–Kier alpha value is -0.690. The van der Waals surface area contributed by atoms with Crippen molar-refractivity contribution in [2.45, 2.75) is 58.6 Å². The third-order valence-corrected chi connectivity index (χ3v) is 6.95. The fourth-order valence-electron chi connectivity index (χ4n) is 3.51. The molecule has 110 valence electrons. The molecule has 2 rings (SSSR count). The maximum atomic E-state index is 2.43. The molecule has 0 bridgehead atoms. The Morgan fingerprint density at radius 1 is 1.25 bits per heavy atom. The monoisotopic (exact) mass is 288 g/mol. The fourth-order valence-corrected chi connectivity index (χ4v) is 5.03. The lowest BCUT2D eigenvalue weighted by molar-refractivity contribution is 0.348. The maximum absolute atomic E-state index is 2.43. The fraction of sp³-hybridized carbons (Fsp3) is 0.579. The molecule has 0 aromatic heterocycles. The molecule has 0 saturated carbocycles. The van der Waals surface area contributed by atoms with Crippen LogP contribution in [-0.2, 0) is 0 Å². The smallest absolute Gasteiger partial charge is 0.0494 e. The number of hydrogen-bond donors (Lipinski definition) is 0. The lowest BCUT2D eigenvalue weighted by atomic mass is 9.66. The SMILES string of the molecule is CCCSC1(C(C)(C)C2=CCC=C2)CC=C(C)C=C1C. The topological polar surface area (TPSA) is 0 Å². The van der Waals surface area contributed by atoms with Crippen LogP contribution < -0.4 is 0 Å². The Labute approximate surface area is 129 Å². The average Bonchev–Trinajstić information content (AvgIpc) is 2.92. The molecule has 0 radical (unpaired) electrons. The second-order valence-corrected chi connectivity index (χ2v) is 7.97. The summed E-state index contributed by atoms with van der Waals surface area (Å²) in [6, 6.07) is 0. The van der Waals surface area contributed by atoms with Gasteiger partial charge in [0.15, 0.2) is 0 Å². The molecule has 0 aromatic carbocycles. The summed E-state index contributed by atoms with van der Waals surface area (Å²) in [7, 11) is 0. The van der Waals surface area contributed by atoms with Gasteiger partial charge in [-0.25, -0.2) is 0 Å². The van der Waals surface area contributed by atoms with Crippen LogP contribution in [0.2, 0.25) is 0 Å². The van der Waals surface area contributed by atoms with Gasteiger partial charge in [-0.2, -0.15) is 0 Å². The molecular weight excluding hydrogens is 260 g/mol. The minimum Gasteiger partial charge on any atom is -0.149 e. The Bertz CT molecular complexity index is 488. The normalized spacial score (nSPS) is 26.4. The lowest BCUT2D eigenvalue weighted by Crippen LogP contribution is -2.44. The van der Waals surface area contributed by atoms with Crippen LogP contribution in [0, 0.1) is 5.41 Å². The zero-order chi connectivity index (χ0) is 14.8. The summed E-state index contributed by atoms with van der Waals surface area (Å²) in [5, 5.41) is 0. The Morgan fingerprint density at radius 2 is 2.00 bits per heavy atom. The Balaban J connectivity index is 2.42. The van der Waals surface area contributed by atoms with Crippen molar-refractivity contribution in [3.8, 4) is 0 Å². The highest BCUT2D eigenvalue weighted by atomic mass is 32.2. The molecule has 0 aliphatic heterocycles. The van der Waals surface area contributed by atoms with Gasteiger partial charge in [-0.1, -0.05) is 62.3 Å². The van der Waals surface area contributed by atoms with Crippen LogP contribution in [0.3, 0.4) is 0 Å². The van der Waals surface area contributed by atoms with Crippen molar-refractivity contribution in [2.24, 2.45) is 5.41 Å². The van der Waals surface area contributed by atoms with Crippen molar-refractivity contribution in [3.05, 3.63) is 47.1 Å². The number of rotatable bonds is 5. The molecule has 2 aliphatic rings. The minimum absolute atomic E-state index is 0.178. The van der Waals surface area contributed by atoms with E-state index in [1.165, 1.54) is 23.3 Å².